The van der Waals surface area contributed by atoms with Gasteiger partial charge >= 0.3 is 0 Å². The zero-order chi connectivity index (χ0) is 19.8. The summed E-state index contributed by atoms with van der Waals surface area (Å²) < 4.78 is 0. The molecule has 0 unspecified atom stereocenters. The van der Waals surface area contributed by atoms with Crippen LogP contribution in [0.25, 0.3) is 0 Å². The molecule has 6 heteroatoms. The van der Waals surface area contributed by atoms with E-state index in [9.17, 15) is 9.59 Å². The molecule has 148 valence electrons. The molecule has 28 heavy (non-hydrogen) atoms. The van der Waals surface area contributed by atoms with Gasteiger partial charge in [0.1, 0.15) is 0 Å². The van der Waals surface area contributed by atoms with Gasteiger partial charge in [0.15, 0.2) is 0 Å². The molecular weight excluding hydrogens is 374 g/mol. The van der Waals surface area contributed by atoms with E-state index < -0.39 is 0 Å². The predicted octanol–water partition coefficient (Wildman–Crippen LogP) is 4.08. The second-order valence-corrected chi connectivity index (χ2v) is 7.41. The van der Waals surface area contributed by atoms with Crippen LogP contribution in [0.15, 0.2) is 48.5 Å². The van der Waals surface area contributed by atoms with Gasteiger partial charge in [0, 0.05) is 35.9 Å². The van der Waals surface area contributed by atoms with Gasteiger partial charge in [0.25, 0.3) is 5.91 Å². The first-order valence-electron chi connectivity index (χ1n) is 9.77. The molecule has 0 saturated carbocycles. The minimum atomic E-state index is -0.121. The van der Waals surface area contributed by atoms with Crippen LogP contribution in [-0.2, 0) is 11.3 Å². The average Bonchev–Trinajstić information content (AvgIpc) is 3.01. The monoisotopic (exact) mass is 399 g/mol. The van der Waals surface area contributed by atoms with Gasteiger partial charge < -0.3 is 15.5 Å². The lowest BCUT2D eigenvalue weighted by atomic mass is 10.1. The van der Waals surface area contributed by atoms with Crippen LogP contribution in [0.3, 0.4) is 0 Å². The van der Waals surface area contributed by atoms with Gasteiger partial charge in [0.05, 0.1) is 6.54 Å². The Morgan fingerprint density at radius 2 is 1.61 bits per heavy atom. The molecule has 0 atom stereocenters. The van der Waals surface area contributed by atoms with Gasteiger partial charge in [0.2, 0.25) is 5.91 Å². The molecule has 2 amide bonds. The third-order valence-corrected chi connectivity index (χ3v) is 5.28. The number of likely N-dealkylation sites (tertiary alicyclic amines) is 1. The van der Waals surface area contributed by atoms with Crippen LogP contribution in [0.5, 0.6) is 0 Å². The fourth-order valence-corrected chi connectivity index (χ4v) is 3.47. The van der Waals surface area contributed by atoms with Crippen molar-refractivity contribution in [3.05, 3.63) is 64.7 Å². The van der Waals surface area contributed by atoms with E-state index in [0.29, 0.717) is 17.1 Å². The molecular formula is C22H26ClN3O2. The topological polar surface area (TPSA) is 61.4 Å². The predicted molar refractivity (Wildman–Crippen MR) is 113 cm³/mol. The van der Waals surface area contributed by atoms with Gasteiger partial charge in [-0.1, -0.05) is 42.6 Å². The summed E-state index contributed by atoms with van der Waals surface area (Å²) in [7, 11) is 0. The Bertz CT molecular complexity index is 800. The van der Waals surface area contributed by atoms with Gasteiger partial charge in [-0.15, -0.1) is 0 Å². The molecule has 5 nitrogen and oxygen atoms in total. The maximum Gasteiger partial charge on any atom is 0.253 e. The van der Waals surface area contributed by atoms with Crippen LogP contribution in [0.4, 0.5) is 5.69 Å². The quantitative estimate of drug-likeness (QED) is 0.769. The number of nitrogens with one attached hydrogen (secondary N) is 2. The molecule has 0 aromatic heterocycles. The lowest BCUT2D eigenvalue weighted by molar-refractivity contribution is -0.119. The normalized spacial score (nSPS) is 14.2. The molecule has 3 rings (SSSR count). The van der Waals surface area contributed by atoms with Crippen molar-refractivity contribution < 1.29 is 9.59 Å². The second kappa shape index (κ2) is 10.1. The highest BCUT2D eigenvalue weighted by molar-refractivity contribution is 6.31. The minimum absolute atomic E-state index is 0.0888. The molecule has 2 N–H and O–H groups in total. The third kappa shape index (κ3) is 5.73. The standard InChI is InChI=1S/C22H26ClN3O2/c23-20-8-4-3-7-18(20)15-25-21(27)16-24-19-11-9-17(10-12-19)22(28)26-13-5-1-2-6-14-26/h3-4,7-12,24H,1-2,5-6,13-16H2,(H,25,27). The summed E-state index contributed by atoms with van der Waals surface area (Å²) in [6.45, 7) is 2.22. The molecule has 0 radical (unpaired) electrons. The van der Waals surface area contributed by atoms with Crippen molar-refractivity contribution in [2.75, 3.05) is 25.0 Å². The third-order valence-electron chi connectivity index (χ3n) is 4.91. The molecule has 0 spiro atoms. The summed E-state index contributed by atoms with van der Waals surface area (Å²) in [5.74, 6) is -0.0319. The molecule has 1 aliphatic heterocycles. The first-order chi connectivity index (χ1) is 13.6. The first-order valence-corrected chi connectivity index (χ1v) is 10.1. The zero-order valence-electron chi connectivity index (χ0n) is 15.9. The summed E-state index contributed by atoms with van der Waals surface area (Å²) in [6, 6.07) is 14.7. The van der Waals surface area contributed by atoms with Crippen molar-refractivity contribution in [1.82, 2.24) is 10.2 Å². The fraction of sp³-hybridized carbons (Fsp3) is 0.364. The van der Waals surface area contributed by atoms with Crippen molar-refractivity contribution >= 4 is 29.1 Å². The van der Waals surface area contributed by atoms with Gasteiger partial charge in [-0.3, -0.25) is 9.59 Å². The Morgan fingerprint density at radius 1 is 0.929 bits per heavy atom. The van der Waals surface area contributed by atoms with E-state index in [1.54, 1.807) is 6.07 Å². The van der Waals surface area contributed by atoms with Gasteiger partial charge in [-0.2, -0.15) is 0 Å². The molecule has 2 aromatic rings. The van der Waals surface area contributed by atoms with E-state index in [-0.39, 0.29) is 18.4 Å². The Labute approximate surface area is 171 Å². The number of anilines is 1. The summed E-state index contributed by atoms with van der Waals surface area (Å²) in [4.78, 5) is 26.6. The van der Waals surface area contributed by atoms with Crippen LogP contribution in [0, 0.1) is 0 Å². The van der Waals surface area contributed by atoms with E-state index in [4.69, 9.17) is 11.6 Å². The maximum atomic E-state index is 12.6. The number of carbonyl (C=O) groups is 2. The van der Waals surface area contributed by atoms with Crippen molar-refractivity contribution in [1.29, 1.82) is 0 Å². The number of benzene rings is 2. The summed E-state index contributed by atoms with van der Waals surface area (Å²) in [6.07, 6.45) is 4.56. The van der Waals surface area contributed by atoms with Crippen molar-refractivity contribution in [3.8, 4) is 0 Å². The van der Waals surface area contributed by atoms with E-state index in [2.05, 4.69) is 10.6 Å². The first kappa shape index (κ1) is 20.2. The van der Waals surface area contributed by atoms with Crippen molar-refractivity contribution in [2.45, 2.75) is 32.2 Å². The zero-order valence-corrected chi connectivity index (χ0v) is 16.7. The molecule has 1 aliphatic rings. The Morgan fingerprint density at radius 3 is 2.29 bits per heavy atom. The van der Waals surface area contributed by atoms with Gasteiger partial charge in [-0.25, -0.2) is 0 Å². The number of halogens is 1. The van der Waals surface area contributed by atoms with E-state index in [0.717, 1.165) is 37.2 Å². The maximum absolute atomic E-state index is 12.6. The molecule has 1 fully saturated rings. The Balaban J connectivity index is 1.46. The lowest BCUT2D eigenvalue weighted by Gasteiger charge is -2.20. The summed E-state index contributed by atoms with van der Waals surface area (Å²) in [5.41, 5.74) is 2.38. The van der Waals surface area contributed by atoms with Crippen LogP contribution in [0.1, 0.15) is 41.6 Å². The second-order valence-electron chi connectivity index (χ2n) is 7.01. The number of amides is 2. The Hall–Kier alpha value is -2.53. The molecule has 2 aromatic carbocycles. The van der Waals surface area contributed by atoms with Crippen LogP contribution < -0.4 is 10.6 Å². The number of carbonyl (C=O) groups excluding carboxylic acids is 2. The van der Waals surface area contributed by atoms with E-state index >= 15 is 0 Å². The fourth-order valence-electron chi connectivity index (χ4n) is 3.27. The van der Waals surface area contributed by atoms with Crippen molar-refractivity contribution in [2.24, 2.45) is 0 Å². The van der Waals surface area contributed by atoms with Crippen LogP contribution in [-0.4, -0.2) is 36.3 Å². The molecule has 1 saturated heterocycles. The van der Waals surface area contributed by atoms with Crippen molar-refractivity contribution in [3.63, 3.8) is 0 Å². The number of rotatable bonds is 6. The Kier molecular flexibility index (Phi) is 7.31. The highest BCUT2D eigenvalue weighted by Crippen LogP contribution is 2.16. The molecule has 0 bridgehead atoms. The number of hydrogen-bond acceptors (Lipinski definition) is 3. The minimum Gasteiger partial charge on any atom is -0.376 e. The smallest absolute Gasteiger partial charge is 0.253 e. The molecule has 1 heterocycles. The van der Waals surface area contributed by atoms with Gasteiger partial charge in [-0.05, 0) is 48.7 Å². The van der Waals surface area contributed by atoms with E-state index in [1.165, 1.54) is 12.8 Å². The summed E-state index contributed by atoms with van der Waals surface area (Å²) >= 11 is 6.09. The number of nitrogens with zero attached hydrogens (tertiary/aromatic N) is 1. The SMILES string of the molecule is O=C(CNc1ccc(C(=O)N2CCCCCC2)cc1)NCc1ccccc1Cl. The average molecular weight is 400 g/mol. The molecule has 0 aliphatic carbocycles. The largest absolute Gasteiger partial charge is 0.376 e. The lowest BCUT2D eigenvalue weighted by Crippen LogP contribution is -2.31. The van der Waals surface area contributed by atoms with Crippen LogP contribution >= 0.6 is 11.6 Å². The number of hydrogen-bond donors (Lipinski definition) is 2. The summed E-state index contributed by atoms with van der Waals surface area (Å²) in [5, 5.41) is 6.56. The highest BCUT2D eigenvalue weighted by Gasteiger charge is 2.17. The van der Waals surface area contributed by atoms with E-state index in [1.807, 2.05) is 47.4 Å². The van der Waals surface area contributed by atoms with Crippen LogP contribution in [0.2, 0.25) is 5.02 Å². The highest BCUT2D eigenvalue weighted by atomic mass is 35.5.